The predicted molar refractivity (Wildman–Crippen MR) is 121 cm³/mol. The number of hydrogen-bond donors (Lipinski definition) is 0. The first kappa shape index (κ1) is 21.4. The molecule has 1 saturated heterocycles. The van der Waals surface area contributed by atoms with Gasteiger partial charge in [0, 0.05) is 32.4 Å². The van der Waals surface area contributed by atoms with Crippen molar-refractivity contribution in [3.63, 3.8) is 0 Å². The number of rotatable bonds is 8. The molecule has 1 fully saturated rings. The molecule has 1 aliphatic rings. The molecule has 2 aromatic heterocycles. The van der Waals surface area contributed by atoms with Crippen molar-refractivity contribution in [3.05, 3.63) is 41.6 Å². The van der Waals surface area contributed by atoms with Crippen LogP contribution >= 0.6 is 0 Å². The number of benzene rings is 1. The van der Waals surface area contributed by atoms with Gasteiger partial charge in [0.15, 0.2) is 11.6 Å². The number of aromatic nitrogens is 3. The van der Waals surface area contributed by atoms with Crippen LogP contribution in [0.15, 0.2) is 30.5 Å². The van der Waals surface area contributed by atoms with Crippen LogP contribution in [0.3, 0.4) is 0 Å². The molecule has 1 aromatic carbocycles. The SMILES string of the molecule is COc1nc(N2CCOCC2)c2c(n1)c(OCc1cccc(C)c1)cn2CCN(C)C. The summed E-state index contributed by atoms with van der Waals surface area (Å²) in [6, 6.07) is 8.70. The Hall–Kier alpha value is -2.84. The fourth-order valence-electron chi connectivity index (χ4n) is 3.77. The third-order valence-corrected chi connectivity index (χ3v) is 5.40. The maximum atomic E-state index is 6.27. The van der Waals surface area contributed by atoms with Gasteiger partial charge >= 0.3 is 6.01 Å². The Kier molecular flexibility index (Phi) is 6.58. The Balaban J connectivity index is 1.75. The molecule has 0 aliphatic carbocycles. The van der Waals surface area contributed by atoms with Crippen LogP contribution in [0.2, 0.25) is 0 Å². The lowest BCUT2D eigenvalue weighted by atomic mass is 10.1. The molecule has 0 N–H and O–H groups in total. The van der Waals surface area contributed by atoms with Crippen molar-refractivity contribution in [3.8, 4) is 11.8 Å². The van der Waals surface area contributed by atoms with E-state index in [1.807, 2.05) is 6.20 Å². The summed E-state index contributed by atoms with van der Waals surface area (Å²) >= 11 is 0. The van der Waals surface area contributed by atoms with Gasteiger partial charge in [-0.15, -0.1) is 0 Å². The van der Waals surface area contributed by atoms with Gasteiger partial charge in [-0.25, -0.2) is 0 Å². The maximum absolute atomic E-state index is 6.27. The third kappa shape index (κ3) is 4.91. The maximum Gasteiger partial charge on any atom is 0.318 e. The van der Waals surface area contributed by atoms with Gasteiger partial charge in [0.2, 0.25) is 0 Å². The van der Waals surface area contributed by atoms with Gasteiger partial charge in [-0.3, -0.25) is 0 Å². The van der Waals surface area contributed by atoms with Crippen LogP contribution < -0.4 is 14.4 Å². The molecule has 0 unspecified atom stereocenters. The number of morpholine rings is 1. The average molecular weight is 426 g/mol. The average Bonchev–Trinajstić information content (AvgIpc) is 3.14. The Morgan fingerprint density at radius 3 is 2.68 bits per heavy atom. The Morgan fingerprint density at radius 2 is 1.97 bits per heavy atom. The zero-order chi connectivity index (χ0) is 21.8. The molecule has 1 aliphatic heterocycles. The van der Waals surface area contributed by atoms with Gasteiger partial charge in [0.05, 0.1) is 20.3 Å². The van der Waals surface area contributed by atoms with Crippen LogP contribution in [0, 0.1) is 6.92 Å². The van der Waals surface area contributed by atoms with Crippen LogP contribution in [0.4, 0.5) is 5.82 Å². The lowest BCUT2D eigenvalue weighted by Crippen LogP contribution is -2.37. The molecule has 3 aromatic rings. The standard InChI is InChI=1S/C23H31N5O3/c1-17-6-5-7-18(14-17)16-31-19-15-28(9-8-26(2)3)21-20(19)24-23(29-4)25-22(21)27-10-12-30-13-11-27/h5-7,14-15H,8-13,16H2,1-4H3. The van der Waals surface area contributed by atoms with Crippen LogP contribution in [0.1, 0.15) is 11.1 Å². The monoisotopic (exact) mass is 425 g/mol. The highest BCUT2D eigenvalue weighted by atomic mass is 16.5. The van der Waals surface area contributed by atoms with E-state index >= 15 is 0 Å². The van der Waals surface area contributed by atoms with E-state index in [1.54, 1.807) is 7.11 Å². The molecular weight excluding hydrogens is 394 g/mol. The van der Waals surface area contributed by atoms with E-state index in [-0.39, 0.29) is 0 Å². The number of methoxy groups -OCH3 is 1. The molecule has 8 heteroatoms. The number of hydrogen-bond acceptors (Lipinski definition) is 7. The Bertz CT molecular complexity index is 1030. The van der Waals surface area contributed by atoms with Crippen molar-refractivity contribution >= 4 is 16.9 Å². The summed E-state index contributed by atoms with van der Waals surface area (Å²) in [6.45, 7) is 7.21. The summed E-state index contributed by atoms with van der Waals surface area (Å²) in [7, 11) is 5.74. The van der Waals surface area contributed by atoms with Crippen LogP contribution in [-0.2, 0) is 17.9 Å². The molecule has 0 saturated carbocycles. The molecule has 0 spiro atoms. The van der Waals surface area contributed by atoms with E-state index in [4.69, 9.17) is 19.2 Å². The molecule has 0 radical (unpaired) electrons. The van der Waals surface area contributed by atoms with E-state index < -0.39 is 0 Å². The van der Waals surface area contributed by atoms with Gasteiger partial charge in [-0.05, 0) is 26.6 Å². The summed E-state index contributed by atoms with van der Waals surface area (Å²) in [6.07, 6.45) is 2.04. The third-order valence-electron chi connectivity index (χ3n) is 5.40. The van der Waals surface area contributed by atoms with Crippen molar-refractivity contribution in [2.45, 2.75) is 20.1 Å². The second-order valence-corrected chi connectivity index (χ2v) is 8.10. The van der Waals surface area contributed by atoms with Crippen LogP contribution in [0.5, 0.6) is 11.8 Å². The summed E-state index contributed by atoms with van der Waals surface area (Å²) in [4.78, 5) is 13.8. The number of fused-ring (bicyclic) bond motifs is 1. The molecule has 0 atom stereocenters. The smallest absolute Gasteiger partial charge is 0.318 e. The first-order chi connectivity index (χ1) is 15.0. The minimum absolute atomic E-state index is 0.347. The molecule has 4 rings (SSSR count). The second-order valence-electron chi connectivity index (χ2n) is 8.10. The number of likely N-dealkylation sites (N-methyl/N-ethyl adjacent to an activating group) is 1. The van der Waals surface area contributed by atoms with Crippen molar-refractivity contribution in [2.75, 3.05) is 59.0 Å². The highest BCUT2D eigenvalue weighted by Gasteiger charge is 2.23. The molecule has 0 bridgehead atoms. The minimum Gasteiger partial charge on any atom is -0.485 e. The van der Waals surface area contributed by atoms with E-state index in [2.05, 4.69) is 64.6 Å². The topological polar surface area (TPSA) is 64.9 Å². The van der Waals surface area contributed by atoms with Gasteiger partial charge in [-0.2, -0.15) is 9.97 Å². The van der Waals surface area contributed by atoms with Crippen LogP contribution in [-0.4, -0.2) is 73.5 Å². The second kappa shape index (κ2) is 9.53. The van der Waals surface area contributed by atoms with Crippen molar-refractivity contribution in [1.29, 1.82) is 0 Å². The molecular formula is C23H31N5O3. The number of anilines is 1. The number of ether oxygens (including phenoxy) is 3. The van der Waals surface area contributed by atoms with Gasteiger partial charge < -0.3 is 28.6 Å². The molecule has 8 nitrogen and oxygen atoms in total. The molecule has 166 valence electrons. The zero-order valence-electron chi connectivity index (χ0n) is 18.8. The van der Waals surface area contributed by atoms with Gasteiger partial charge in [-0.1, -0.05) is 29.8 Å². The Labute approximate surface area is 183 Å². The van der Waals surface area contributed by atoms with Gasteiger partial charge in [0.25, 0.3) is 0 Å². The van der Waals surface area contributed by atoms with E-state index in [9.17, 15) is 0 Å². The Morgan fingerprint density at radius 1 is 1.16 bits per heavy atom. The molecule has 31 heavy (non-hydrogen) atoms. The van der Waals surface area contributed by atoms with E-state index in [0.717, 1.165) is 54.3 Å². The summed E-state index contributed by atoms with van der Waals surface area (Å²) in [5.41, 5.74) is 4.10. The van der Waals surface area contributed by atoms with Crippen LogP contribution in [0.25, 0.3) is 11.0 Å². The predicted octanol–water partition coefficient (Wildman–Crippen LogP) is 2.73. The fraction of sp³-hybridized carbons (Fsp3) is 0.478. The first-order valence-electron chi connectivity index (χ1n) is 10.7. The highest BCUT2D eigenvalue weighted by Crippen LogP contribution is 2.35. The number of aryl methyl sites for hydroxylation is 1. The molecule has 3 heterocycles. The largest absolute Gasteiger partial charge is 0.485 e. The van der Waals surface area contributed by atoms with Crippen molar-refractivity contribution < 1.29 is 14.2 Å². The number of nitrogens with zero attached hydrogens (tertiary/aromatic N) is 5. The minimum atomic E-state index is 0.347. The van der Waals surface area contributed by atoms with Crippen molar-refractivity contribution in [2.24, 2.45) is 0 Å². The zero-order valence-corrected chi connectivity index (χ0v) is 18.8. The van der Waals surface area contributed by atoms with E-state index in [1.165, 1.54) is 5.56 Å². The summed E-state index contributed by atoms with van der Waals surface area (Å²) < 4.78 is 19.5. The lowest BCUT2D eigenvalue weighted by molar-refractivity contribution is 0.122. The highest BCUT2D eigenvalue weighted by molar-refractivity contribution is 5.92. The normalized spacial score (nSPS) is 14.4. The lowest BCUT2D eigenvalue weighted by Gasteiger charge is -2.28. The van der Waals surface area contributed by atoms with Crippen molar-refractivity contribution in [1.82, 2.24) is 19.4 Å². The first-order valence-corrected chi connectivity index (χ1v) is 10.7. The molecule has 0 amide bonds. The van der Waals surface area contributed by atoms with E-state index in [0.29, 0.717) is 25.8 Å². The summed E-state index contributed by atoms with van der Waals surface area (Å²) in [5.74, 6) is 1.61. The quantitative estimate of drug-likeness (QED) is 0.550. The van der Waals surface area contributed by atoms with Gasteiger partial charge in [0.1, 0.15) is 17.6 Å². The fourth-order valence-corrected chi connectivity index (χ4v) is 3.77. The summed E-state index contributed by atoms with van der Waals surface area (Å²) in [5, 5.41) is 0.